The van der Waals surface area contributed by atoms with E-state index in [-0.39, 0.29) is 55.2 Å². The van der Waals surface area contributed by atoms with E-state index >= 15 is 0 Å². The standard InChI is InChI=1S/C20H18Cl5N3O3/c1-4-28-10(3)12(7-26-28)9(2)27-20(29)13-6-5-11(31-13)8-30-19-17(24)15(22)14(21)16(23)18(19)25/h5-7,9H,4,8H2,1-3H3,(H,27,29). The van der Waals surface area contributed by atoms with Gasteiger partial charge in [-0.2, -0.15) is 5.10 Å². The molecule has 166 valence electrons. The molecule has 3 rings (SSSR count). The molecule has 0 bridgehead atoms. The summed E-state index contributed by atoms with van der Waals surface area (Å²) >= 11 is 30.3. The van der Waals surface area contributed by atoms with Crippen LogP contribution in [0.25, 0.3) is 0 Å². The molecule has 0 aliphatic heterocycles. The number of furan rings is 1. The van der Waals surface area contributed by atoms with Gasteiger partial charge in [0.25, 0.3) is 5.91 Å². The first kappa shape index (κ1) is 24.1. The van der Waals surface area contributed by atoms with Crippen molar-refractivity contribution in [2.75, 3.05) is 0 Å². The zero-order valence-corrected chi connectivity index (χ0v) is 20.5. The number of nitrogens with one attached hydrogen (secondary N) is 1. The first-order valence-electron chi connectivity index (χ1n) is 9.21. The number of benzene rings is 1. The van der Waals surface area contributed by atoms with Crippen LogP contribution >= 0.6 is 58.0 Å². The van der Waals surface area contributed by atoms with Gasteiger partial charge >= 0.3 is 0 Å². The Balaban J connectivity index is 1.68. The number of aromatic nitrogens is 2. The Hall–Kier alpha value is -1.57. The number of halogens is 5. The maximum absolute atomic E-state index is 12.6. The van der Waals surface area contributed by atoms with Gasteiger partial charge in [0.2, 0.25) is 0 Å². The molecular weight excluding hydrogens is 508 g/mol. The monoisotopic (exact) mass is 523 g/mol. The van der Waals surface area contributed by atoms with Gasteiger partial charge in [-0.3, -0.25) is 9.48 Å². The maximum Gasteiger partial charge on any atom is 0.287 e. The van der Waals surface area contributed by atoms with Crippen molar-refractivity contribution in [1.82, 2.24) is 15.1 Å². The molecule has 2 heterocycles. The number of aryl methyl sites for hydroxylation is 1. The lowest BCUT2D eigenvalue weighted by molar-refractivity contribution is 0.0907. The summed E-state index contributed by atoms with van der Waals surface area (Å²) in [5.74, 6) is 0.218. The van der Waals surface area contributed by atoms with Crippen LogP contribution in [-0.4, -0.2) is 15.7 Å². The second-order valence-electron chi connectivity index (χ2n) is 6.65. The van der Waals surface area contributed by atoms with Crippen molar-refractivity contribution >= 4 is 63.9 Å². The number of hydrogen-bond donors (Lipinski definition) is 1. The quantitative estimate of drug-likeness (QED) is 0.263. The van der Waals surface area contributed by atoms with Crippen molar-refractivity contribution in [1.29, 1.82) is 0 Å². The lowest BCUT2D eigenvalue weighted by atomic mass is 10.1. The highest BCUT2D eigenvalue weighted by Gasteiger charge is 2.22. The predicted octanol–water partition coefficient (Wildman–Crippen LogP) is 7.14. The molecule has 0 fully saturated rings. The fourth-order valence-corrected chi connectivity index (χ4v) is 4.21. The van der Waals surface area contributed by atoms with Crippen LogP contribution in [0.15, 0.2) is 22.7 Å². The first-order chi connectivity index (χ1) is 14.6. The average molecular weight is 526 g/mol. The van der Waals surface area contributed by atoms with E-state index in [0.29, 0.717) is 5.76 Å². The van der Waals surface area contributed by atoms with Gasteiger partial charge in [-0.25, -0.2) is 0 Å². The van der Waals surface area contributed by atoms with Crippen molar-refractivity contribution in [2.24, 2.45) is 0 Å². The van der Waals surface area contributed by atoms with E-state index in [9.17, 15) is 4.79 Å². The highest BCUT2D eigenvalue weighted by atomic mass is 35.5. The molecule has 0 saturated carbocycles. The van der Waals surface area contributed by atoms with Crippen molar-refractivity contribution in [3.05, 3.63) is 66.2 Å². The molecule has 31 heavy (non-hydrogen) atoms. The highest BCUT2D eigenvalue weighted by molar-refractivity contribution is 6.55. The summed E-state index contributed by atoms with van der Waals surface area (Å²) in [5, 5.41) is 7.36. The van der Waals surface area contributed by atoms with Crippen molar-refractivity contribution in [2.45, 2.75) is 40.0 Å². The molecule has 2 aromatic heterocycles. The Labute approximate surface area is 204 Å². The third-order valence-electron chi connectivity index (χ3n) is 4.67. The SMILES string of the molecule is CCn1ncc(C(C)NC(=O)c2ccc(COc3c(Cl)c(Cl)c(Cl)c(Cl)c3Cl)o2)c1C. The van der Waals surface area contributed by atoms with E-state index in [1.807, 2.05) is 25.5 Å². The molecule has 0 spiro atoms. The Kier molecular flexibility index (Phi) is 7.71. The number of carbonyl (C=O) groups excluding carboxylic acids is 1. The van der Waals surface area contributed by atoms with E-state index < -0.39 is 0 Å². The summed E-state index contributed by atoms with van der Waals surface area (Å²) in [5.41, 5.74) is 1.93. The minimum absolute atomic E-state index is 0.0300. The van der Waals surface area contributed by atoms with Crippen molar-refractivity contribution < 1.29 is 13.9 Å². The Morgan fingerprint density at radius 2 is 1.74 bits per heavy atom. The topological polar surface area (TPSA) is 69.3 Å². The maximum atomic E-state index is 12.6. The van der Waals surface area contributed by atoms with Gasteiger partial charge in [0.05, 0.1) is 27.3 Å². The largest absolute Gasteiger partial charge is 0.482 e. The number of hydrogen-bond acceptors (Lipinski definition) is 4. The zero-order valence-electron chi connectivity index (χ0n) is 16.7. The lowest BCUT2D eigenvalue weighted by Gasteiger charge is -2.13. The number of ether oxygens (including phenoxy) is 1. The van der Waals surface area contributed by atoms with Crippen molar-refractivity contribution in [3.63, 3.8) is 0 Å². The van der Waals surface area contributed by atoms with Crippen LogP contribution in [0.5, 0.6) is 5.75 Å². The second kappa shape index (κ2) is 9.92. The van der Waals surface area contributed by atoms with Crippen molar-refractivity contribution in [3.8, 4) is 5.75 Å². The van der Waals surface area contributed by atoms with Crippen LogP contribution in [0, 0.1) is 6.92 Å². The summed E-state index contributed by atoms with van der Waals surface area (Å²) in [7, 11) is 0. The molecule has 1 aromatic carbocycles. The van der Waals surface area contributed by atoms with E-state index in [4.69, 9.17) is 67.2 Å². The number of rotatable bonds is 7. The Bertz CT molecular complexity index is 1100. The summed E-state index contributed by atoms with van der Waals surface area (Å²) in [6.07, 6.45) is 1.75. The summed E-state index contributed by atoms with van der Waals surface area (Å²) in [6, 6.07) is 2.92. The molecule has 1 amide bonds. The van der Waals surface area contributed by atoms with Gasteiger partial charge in [0.15, 0.2) is 11.5 Å². The predicted molar refractivity (Wildman–Crippen MR) is 123 cm³/mol. The van der Waals surface area contributed by atoms with E-state index in [2.05, 4.69) is 10.4 Å². The van der Waals surface area contributed by atoms with Gasteiger partial charge in [0.1, 0.15) is 22.4 Å². The minimum Gasteiger partial charge on any atom is -0.482 e. The van der Waals surface area contributed by atoms with E-state index in [1.165, 1.54) is 0 Å². The summed E-state index contributed by atoms with van der Waals surface area (Å²) in [4.78, 5) is 12.6. The van der Waals surface area contributed by atoms with Crippen LogP contribution in [-0.2, 0) is 13.2 Å². The molecule has 3 aromatic rings. The number of amides is 1. The normalized spacial score (nSPS) is 12.1. The Morgan fingerprint density at radius 3 is 2.32 bits per heavy atom. The van der Waals surface area contributed by atoms with Gasteiger partial charge in [-0.15, -0.1) is 0 Å². The Morgan fingerprint density at radius 1 is 1.13 bits per heavy atom. The van der Waals surface area contributed by atoms with Crippen LogP contribution in [0.3, 0.4) is 0 Å². The molecule has 1 N–H and O–H groups in total. The zero-order chi connectivity index (χ0) is 22.9. The molecule has 11 heteroatoms. The van der Waals surface area contributed by atoms with Gasteiger partial charge < -0.3 is 14.5 Å². The van der Waals surface area contributed by atoms with Crippen LogP contribution in [0.1, 0.15) is 47.5 Å². The van der Waals surface area contributed by atoms with E-state index in [0.717, 1.165) is 17.8 Å². The number of nitrogens with zero attached hydrogens (tertiary/aromatic N) is 2. The molecular formula is C20H18Cl5N3O3. The number of carbonyl (C=O) groups is 1. The molecule has 1 unspecified atom stereocenters. The molecule has 0 aliphatic carbocycles. The van der Waals surface area contributed by atoms with Gasteiger partial charge in [0, 0.05) is 17.8 Å². The third-order valence-corrected chi connectivity index (χ3v) is 6.91. The second-order valence-corrected chi connectivity index (χ2v) is 8.54. The minimum atomic E-state index is -0.365. The van der Waals surface area contributed by atoms with E-state index in [1.54, 1.807) is 18.3 Å². The molecule has 0 saturated heterocycles. The fraction of sp³-hybridized carbons (Fsp3) is 0.300. The van der Waals surface area contributed by atoms with Crippen LogP contribution in [0.2, 0.25) is 25.1 Å². The molecule has 0 radical (unpaired) electrons. The smallest absolute Gasteiger partial charge is 0.287 e. The van der Waals surface area contributed by atoms with Gasteiger partial charge in [-0.05, 0) is 32.9 Å². The molecule has 6 nitrogen and oxygen atoms in total. The third kappa shape index (κ3) is 4.94. The lowest BCUT2D eigenvalue weighted by Crippen LogP contribution is -2.26. The highest BCUT2D eigenvalue weighted by Crippen LogP contribution is 2.48. The molecule has 1 atom stereocenters. The average Bonchev–Trinajstić information content (AvgIpc) is 3.37. The molecule has 0 aliphatic rings. The van der Waals surface area contributed by atoms with Gasteiger partial charge in [-0.1, -0.05) is 58.0 Å². The summed E-state index contributed by atoms with van der Waals surface area (Å²) < 4.78 is 13.1. The first-order valence-corrected chi connectivity index (χ1v) is 11.1. The summed E-state index contributed by atoms with van der Waals surface area (Å²) in [6.45, 7) is 6.55. The fourth-order valence-electron chi connectivity index (χ4n) is 2.98. The van der Waals surface area contributed by atoms with Crippen LogP contribution in [0.4, 0.5) is 0 Å². The van der Waals surface area contributed by atoms with Crippen LogP contribution < -0.4 is 10.1 Å².